The summed E-state index contributed by atoms with van der Waals surface area (Å²) in [6.45, 7) is 5.41. The number of hydrogen-bond acceptors (Lipinski definition) is 2. The van der Waals surface area contributed by atoms with Crippen molar-refractivity contribution in [3.8, 4) is 0 Å². The third-order valence-electron chi connectivity index (χ3n) is 4.62. The number of benzene rings is 2. The van der Waals surface area contributed by atoms with E-state index in [0.717, 1.165) is 19.6 Å². The molecule has 0 amide bonds. The van der Waals surface area contributed by atoms with Crippen LogP contribution < -0.4 is 5.32 Å². The van der Waals surface area contributed by atoms with E-state index in [1.807, 2.05) is 0 Å². The van der Waals surface area contributed by atoms with Crippen LogP contribution in [0.3, 0.4) is 0 Å². The van der Waals surface area contributed by atoms with Crippen LogP contribution in [0.15, 0.2) is 54.6 Å². The summed E-state index contributed by atoms with van der Waals surface area (Å²) in [4.78, 5) is 2.46. The summed E-state index contributed by atoms with van der Waals surface area (Å²) in [6, 6.07) is 20.3. The number of nitrogens with one attached hydrogen (secondary N) is 1. The highest BCUT2D eigenvalue weighted by Crippen LogP contribution is 2.26. The normalized spacial score (nSPS) is 22.6. The molecule has 0 spiro atoms. The summed E-state index contributed by atoms with van der Waals surface area (Å²) in [5.41, 5.74) is 4.18. The summed E-state index contributed by atoms with van der Waals surface area (Å²) in [5.74, 6) is 0.632. The van der Waals surface area contributed by atoms with Crippen LogP contribution in [-0.2, 0) is 6.54 Å². The molecule has 2 unspecified atom stereocenters. The van der Waals surface area contributed by atoms with Crippen molar-refractivity contribution >= 4 is 0 Å². The summed E-state index contributed by atoms with van der Waals surface area (Å²) in [5, 5.41) is 3.74. The Morgan fingerprint density at radius 2 is 1.73 bits per heavy atom. The number of piperidine rings is 1. The highest BCUT2D eigenvalue weighted by Gasteiger charge is 2.25. The molecule has 2 atom stereocenters. The Morgan fingerprint density at radius 1 is 1.00 bits per heavy atom. The van der Waals surface area contributed by atoms with Gasteiger partial charge in [-0.2, -0.15) is 0 Å². The second-order valence-corrected chi connectivity index (χ2v) is 6.63. The van der Waals surface area contributed by atoms with Crippen LogP contribution >= 0.6 is 0 Å². The Bertz CT molecular complexity index is 576. The van der Waals surface area contributed by atoms with Gasteiger partial charge in [0.1, 0.15) is 0 Å². The molecule has 1 aliphatic rings. The highest BCUT2D eigenvalue weighted by molar-refractivity contribution is 5.25. The third-order valence-corrected chi connectivity index (χ3v) is 4.62. The van der Waals surface area contributed by atoms with Crippen LogP contribution in [0, 0.1) is 6.92 Å². The van der Waals surface area contributed by atoms with E-state index in [0.29, 0.717) is 12.0 Å². The molecule has 1 aliphatic heterocycles. The molecule has 0 aliphatic carbocycles. The van der Waals surface area contributed by atoms with Crippen molar-refractivity contribution in [2.45, 2.75) is 31.8 Å². The van der Waals surface area contributed by atoms with E-state index in [4.69, 9.17) is 0 Å². The monoisotopic (exact) mass is 294 g/mol. The van der Waals surface area contributed by atoms with E-state index in [9.17, 15) is 0 Å². The predicted molar refractivity (Wildman–Crippen MR) is 93.1 cm³/mol. The zero-order chi connectivity index (χ0) is 15.4. The van der Waals surface area contributed by atoms with Gasteiger partial charge in [0.05, 0.1) is 0 Å². The number of nitrogens with zero attached hydrogens (tertiary/aromatic N) is 1. The Balaban J connectivity index is 1.62. The number of rotatable bonds is 4. The minimum absolute atomic E-state index is 0.560. The topological polar surface area (TPSA) is 15.3 Å². The van der Waals surface area contributed by atoms with Crippen LogP contribution in [0.5, 0.6) is 0 Å². The predicted octanol–water partition coefficient (Wildman–Crippen LogP) is 3.57. The van der Waals surface area contributed by atoms with Crippen LogP contribution in [0.2, 0.25) is 0 Å². The van der Waals surface area contributed by atoms with E-state index in [-0.39, 0.29) is 0 Å². The largest absolute Gasteiger partial charge is 0.309 e. The van der Waals surface area contributed by atoms with Crippen molar-refractivity contribution in [1.82, 2.24) is 10.2 Å². The average Bonchev–Trinajstić information content (AvgIpc) is 2.54. The molecule has 0 radical (unpaired) electrons. The molecule has 2 nitrogen and oxygen atoms in total. The van der Waals surface area contributed by atoms with Gasteiger partial charge in [0.15, 0.2) is 0 Å². The van der Waals surface area contributed by atoms with Gasteiger partial charge in [-0.1, -0.05) is 60.2 Å². The molecule has 22 heavy (non-hydrogen) atoms. The van der Waals surface area contributed by atoms with Gasteiger partial charge in [0.25, 0.3) is 0 Å². The van der Waals surface area contributed by atoms with Gasteiger partial charge in [0.2, 0.25) is 0 Å². The maximum absolute atomic E-state index is 3.74. The summed E-state index contributed by atoms with van der Waals surface area (Å²) in [7, 11) is 2.23. The lowest BCUT2D eigenvalue weighted by Gasteiger charge is -2.36. The van der Waals surface area contributed by atoms with E-state index in [1.54, 1.807) is 0 Å². The zero-order valence-corrected chi connectivity index (χ0v) is 13.6. The zero-order valence-electron chi connectivity index (χ0n) is 13.6. The van der Waals surface area contributed by atoms with Crippen LogP contribution in [0.4, 0.5) is 0 Å². The van der Waals surface area contributed by atoms with E-state index < -0.39 is 0 Å². The number of likely N-dealkylation sites (tertiary alicyclic amines) is 1. The van der Waals surface area contributed by atoms with Crippen LogP contribution in [0.1, 0.15) is 29.0 Å². The first kappa shape index (κ1) is 15.3. The lowest BCUT2D eigenvalue weighted by Crippen LogP contribution is -2.46. The van der Waals surface area contributed by atoms with Crippen molar-refractivity contribution in [2.75, 3.05) is 20.1 Å². The van der Waals surface area contributed by atoms with Gasteiger partial charge in [-0.3, -0.25) is 0 Å². The Hall–Kier alpha value is -1.64. The van der Waals surface area contributed by atoms with Crippen molar-refractivity contribution in [2.24, 2.45) is 0 Å². The lowest BCUT2D eigenvalue weighted by molar-refractivity contribution is 0.204. The second-order valence-electron chi connectivity index (χ2n) is 6.63. The number of likely N-dealkylation sites (N-methyl/N-ethyl adjacent to an activating group) is 1. The molecule has 3 rings (SSSR count). The van der Waals surface area contributed by atoms with Crippen molar-refractivity contribution in [3.63, 3.8) is 0 Å². The molecular formula is C20H26N2. The first-order valence-corrected chi connectivity index (χ1v) is 8.23. The van der Waals surface area contributed by atoms with E-state index in [2.05, 4.69) is 78.8 Å². The second kappa shape index (κ2) is 7.08. The van der Waals surface area contributed by atoms with Gasteiger partial charge in [-0.25, -0.2) is 0 Å². The van der Waals surface area contributed by atoms with Gasteiger partial charge >= 0.3 is 0 Å². The minimum atomic E-state index is 0.560. The maximum Gasteiger partial charge on any atom is 0.0208 e. The van der Waals surface area contributed by atoms with E-state index in [1.165, 1.54) is 23.1 Å². The Labute approximate surface area is 134 Å². The lowest BCUT2D eigenvalue weighted by atomic mass is 9.88. The molecule has 1 fully saturated rings. The van der Waals surface area contributed by atoms with Crippen molar-refractivity contribution in [1.29, 1.82) is 0 Å². The first-order chi connectivity index (χ1) is 10.7. The SMILES string of the molecule is Cc1ccc(C2CC(NCc3ccccc3)CN(C)C2)cc1. The molecule has 1 saturated heterocycles. The fourth-order valence-corrected chi connectivity index (χ4v) is 3.41. The highest BCUT2D eigenvalue weighted by atomic mass is 15.1. The quantitative estimate of drug-likeness (QED) is 0.927. The molecule has 1 heterocycles. The van der Waals surface area contributed by atoms with Gasteiger partial charge < -0.3 is 10.2 Å². The molecule has 2 heteroatoms. The molecule has 0 aromatic heterocycles. The maximum atomic E-state index is 3.74. The molecular weight excluding hydrogens is 268 g/mol. The molecule has 0 bridgehead atoms. The summed E-state index contributed by atoms with van der Waals surface area (Å²) < 4.78 is 0. The summed E-state index contributed by atoms with van der Waals surface area (Å²) in [6.07, 6.45) is 1.22. The Kier molecular flexibility index (Phi) is 4.91. The average molecular weight is 294 g/mol. The van der Waals surface area contributed by atoms with Crippen LogP contribution in [0.25, 0.3) is 0 Å². The molecule has 2 aromatic rings. The molecule has 2 aromatic carbocycles. The molecule has 0 saturated carbocycles. The van der Waals surface area contributed by atoms with Crippen LogP contribution in [-0.4, -0.2) is 31.1 Å². The molecule has 1 N–H and O–H groups in total. The standard InChI is InChI=1S/C20H26N2/c1-16-8-10-18(11-9-16)19-12-20(15-22(2)14-19)21-13-17-6-4-3-5-7-17/h3-11,19-21H,12-15H2,1-2H3. The van der Waals surface area contributed by atoms with Gasteiger partial charge in [0, 0.05) is 25.7 Å². The van der Waals surface area contributed by atoms with Gasteiger partial charge in [-0.15, -0.1) is 0 Å². The van der Waals surface area contributed by atoms with E-state index >= 15 is 0 Å². The van der Waals surface area contributed by atoms with Crippen molar-refractivity contribution in [3.05, 3.63) is 71.3 Å². The molecule has 116 valence electrons. The third kappa shape index (κ3) is 3.96. The smallest absolute Gasteiger partial charge is 0.0208 e. The Morgan fingerprint density at radius 3 is 2.45 bits per heavy atom. The fraction of sp³-hybridized carbons (Fsp3) is 0.400. The van der Waals surface area contributed by atoms with Crippen molar-refractivity contribution < 1.29 is 0 Å². The first-order valence-electron chi connectivity index (χ1n) is 8.23. The number of hydrogen-bond donors (Lipinski definition) is 1. The fourth-order valence-electron chi connectivity index (χ4n) is 3.41. The minimum Gasteiger partial charge on any atom is -0.309 e. The van der Waals surface area contributed by atoms with Gasteiger partial charge in [-0.05, 0) is 37.4 Å². The number of aryl methyl sites for hydroxylation is 1. The summed E-state index contributed by atoms with van der Waals surface area (Å²) >= 11 is 0.